The van der Waals surface area contributed by atoms with Crippen LogP contribution in [0.15, 0.2) is 65.3 Å². The number of hydrogen-bond donors (Lipinski definition) is 1. The van der Waals surface area contributed by atoms with E-state index in [9.17, 15) is 9.59 Å². The summed E-state index contributed by atoms with van der Waals surface area (Å²) in [5.41, 5.74) is 2.34. The zero-order chi connectivity index (χ0) is 17.9. The van der Waals surface area contributed by atoms with Crippen LogP contribution in [0.25, 0.3) is 11.0 Å². The number of rotatable bonds is 4. The molecule has 26 heavy (non-hydrogen) atoms. The first-order valence-corrected chi connectivity index (χ1v) is 8.83. The number of anilines is 1. The number of hydrogen-bond acceptors (Lipinski definition) is 3. The van der Waals surface area contributed by atoms with E-state index in [4.69, 9.17) is 4.42 Å². The summed E-state index contributed by atoms with van der Waals surface area (Å²) in [5.74, 6) is -0.165. The number of para-hydroxylation sites is 1. The molecule has 2 heterocycles. The van der Waals surface area contributed by atoms with Gasteiger partial charge in [-0.15, -0.1) is 0 Å². The smallest absolute Gasteiger partial charge is 0.247 e. The molecular weight excluding hydrogens is 328 g/mol. The SMILES string of the molecule is O=C(Nc1coc2ccccc12)[C@@H]1CCCN1C(=O)Cc1ccccc1. The van der Waals surface area contributed by atoms with E-state index in [-0.39, 0.29) is 11.8 Å². The number of benzene rings is 2. The highest BCUT2D eigenvalue weighted by Crippen LogP contribution is 2.27. The van der Waals surface area contributed by atoms with Crippen molar-refractivity contribution in [2.75, 3.05) is 11.9 Å². The lowest BCUT2D eigenvalue weighted by molar-refractivity contribution is -0.136. The van der Waals surface area contributed by atoms with Gasteiger partial charge < -0.3 is 14.6 Å². The molecule has 1 aliphatic heterocycles. The van der Waals surface area contributed by atoms with Gasteiger partial charge in [0.05, 0.1) is 12.1 Å². The number of fused-ring (bicyclic) bond motifs is 1. The van der Waals surface area contributed by atoms with Gasteiger partial charge in [-0.2, -0.15) is 0 Å². The molecule has 1 saturated heterocycles. The molecule has 0 bridgehead atoms. The van der Waals surface area contributed by atoms with E-state index >= 15 is 0 Å². The maximum absolute atomic E-state index is 12.8. The van der Waals surface area contributed by atoms with Gasteiger partial charge in [0.2, 0.25) is 11.8 Å². The minimum absolute atomic E-state index is 0.00842. The third-order valence-electron chi connectivity index (χ3n) is 4.81. The third kappa shape index (κ3) is 3.20. The lowest BCUT2D eigenvalue weighted by atomic mass is 10.1. The van der Waals surface area contributed by atoms with Crippen molar-refractivity contribution >= 4 is 28.5 Å². The molecule has 132 valence electrons. The Morgan fingerprint density at radius 2 is 1.85 bits per heavy atom. The molecule has 1 aliphatic rings. The lowest BCUT2D eigenvalue weighted by Crippen LogP contribution is -2.43. The molecule has 5 heteroatoms. The second kappa shape index (κ2) is 7.04. The van der Waals surface area contributed by atoms with Crippen molar-refractivity contribution in [3.63, 3.8) is 0 Å². The fourth-order valence-corrected chi connectivity index (χ4v) is 3.50. The van der Waals surface area contributed by atoms with E-state index in [1.54, 1.807) is 11.2 Å². The third-order valence-corrected chi connectivity index (χ3v) is 4.81. The predicted molar refractivity (Wildman–Crippen MR) is 99.7 cm³/mol. The molecule has 0 spiro atoms. The number of nitrogens with one attached hydrogen (secondary N) is 1. The molecule has 3 aromatic rings. The molecule has 1 aromatic heterocycles. The molecule has 0 aliphatic carbocycles. The summed E-state index contributed by atoms with van der Waals surface area (Å²) in [7, 11) is 0. The van der Waals surface area contributed by atoms with E-state index in [0.717, 1.165) is 23.0 Å². The van der Waals surface area contributed by atoms with Gasteiger partial charge in [-0.25, -0.2) is 0 Å². The van der Waals surface area contributed by atoms with Crippen LogP contribution < -0.4 is 5.32 Å². The topological polar surface area (TPSA) is 62.6 Å². The van der Waals surface area contributed by atoms with Crippen LogP contribution in [0, 0.1) is 0 Å². The van der Waals surface area contributed by atoms with E-state index in [2.05, 4.69) is 5.32 Å². The second-order valence-electron chi connectivity index (χ2n) is 6.54. The zero-order valence-electron chi connectivity index (χ0n) is 14.4. The first kappa shape index (κ1) is 16.4. The minimum Gasteiger partial charge on any atom is -0.462 e. The first-order valence-electron chi connectivity index (χ1n) is 8.83. The summed E-state index contributed by atoms with van der Waals surface area (Å²) >= 11 is 0. The minimum atomic E-state index is -0.431. The fourth-order valence-electron chi connectivity index (χ4n) is 3.50. The maximum atomic E-state index is 12.8. The molecule has 2 aromatic carbocycles. The quantitative estimate of drug-likeness (QED) is 0.783. The van der Waals surface area contributed by atoms with Gasteiger partial charge in [-0.1, -0.05) is 42.5 Å². The van der Waals surface area contributed by atoms with Gasteiger partial charge in [-0.3, -0.25) is 9.59 Å². The Morgan fingerprint density at radius 3 is 2.69 bits per heavy atom. The zero-order valence-corrected chi connectivity index (χ0v) is 14.4. The van der Waals surface area contributed by atoms with Gasteiger partial charge in [0.1, 0.15) is 17.9 Å². The molecule has 0 unspecified atom stereocenters. The molecule has 1 atom stereocenters. The van der Waals surface area contributed by atoms with Gasteiger partial charge in [0, 0.05) is 11.9 Å². The standard InChI is InChI=1S/C21H20N2O3/c24-20(13-15-7-2-1-3-8-15)23-12-6-10-18(23)21(25)22-17-14-26-19-11-5-4-9-16(17)19/h1-5,7-9,11,14,18H,6,10,12-13H2,(H,22,25)/t18-/m0/s1. The predicted octanol–water partition coefficient (Wildman–Crippen LogP) is 3.61. The summed E-state index contributed by atoms with van der Waals surface area (Å²) in [6.07, 6.45) is 3.39. The summed E-state index contributed by atoms with van der Waals surface area (Å²) in [6, 6.07) is 16.7. The summed E-state index contributed by atoms with van der Waals surface area (Å²) in [5, 5.41) is 3.79. The van der Waals surface area contributed by atoms with E-state index < -0.39 is 6.04 Å². The van der Waals surface area contributed by atoms with Crippen molar-refractivity contribution in [3.8, 4) is 0 Å². The molecule has 0 radical (unpaired) electrons. The summed E-state index contributed by atoms with van der Waals surface area (Å²) in [4.78, 5) is 27.1. The second-order valence-corrected chi connectivity index (χ2v) is 6.54. The number of carbonyl (C=O) groups excluding carboxylic acids is 2. The lowest BCUT2D eigenvalue weighted by Gasteiger charge is -2.24. The van der Waals surface area contributed by atoms with Gasteiger partial charge in [0.25, 0.3) is 0 Å². The normalized spacial score (nSPS) is 16.8. The average Bonchev–Trinajstić information content (AvgIpc) is 3.30. The Morgan fingerprint density at radius 1 is 1.08 bits per heavy atom. The Labute approximate surface area is 151 Å². The molecule has 1 fully saturated rings. The van der Waals surface area contributed by atoms with E-state index in [0.29, 0.717) is 25.1 Å². The van der Waals surface area contributed by atoms with Crippen LogP contribution in [-0.2, 0) is 16.0 Å². The molecule has 4 rings (SSSR count). The Kier molecular flexibility index (Phi) is 4.44. The first-order chi connectivity index (χ1) is 12.7. The number of nitrogens with zero attached hydrogens (tertiary/aromatic N) is 1. The number of likely N-dealkylation sites (tertiary alicyclic amines) is 1. The van der Waals surface area contributed by atoms with Crippen LogP contribution in [0.4, 0.5) is 5.69 Å². The van der Waals surface area contributed by atoms with Crippen LogP contribution in [0.1, 0.15) is 18.4 Å². The van der Waals surface area contributed by atoms with E-state index in [1.807, 2.05) is 54.6 Å². The van der Waals surface area contributed by atoms with Crippen molar-refractivity contribution in [1.82, 2.24) is 4.90 Å². The Bertz CT molecular complexity index is 933. The van der Waals surface area contributed by atoms with Gasteiger partial charge in [-0.05, 0) is 30.5 Å². The van der Waals surface area contributed by atoms with Crippen LogP contribution >= 0.6 is 0 Å². The van der Waals surface area contributed by atoms with Crippen LogP contribution in [0.5, 0.6) is 0 Å². The molecular formula is C21H20N2O3. The number of carbonyl (C=O) groups is 2. The Hall–Kier alpha value is -3.08. The van der Waals surface area contributed by atoms with Crippen LogP contribution in [0.2, 0.25) is 0 Å². The van der Waals surface area contributed by atoms with Crippen LogP contribution in [-0.4, -0.2) is 29.3 Å². The molecule has 0 saturated carbocycles. The maximum Gasteiger partial charge on any atom is 0.247 e. The van der Waals surface area contributed by atoms with Crippen molar-refractivity contribution in [2.24, 2.45) is 0 Å². The fraction of sp³-hybridized carbons (Fsp3) is 0.238. The van der Waals surface area contributed by atoms with Crippen molar-refractivity contribution in [1.29, 1.82) is 0 Å². The molecule has 2 amide bonds. The van der Waals surface area contributed by atoms with Crippen molar-refractivity contribution in [2.45, 2.75) is 25.3 Å². The van der Waals surface area contributed by atoms with Gasteiger partial charge >= 0.3 is 0 Å². The average molecular weight is 348 g/mol. The largest absolute Gasteiger partial charge is 0.462 e. The summed E-state index contributed by atoms with van der Waals surface area (Å²) < 4.78 is 5.47. The summed E-state index contributed by atoms with van der Waals surface area (Å²) in [6.45, 7) is 0.621. The highest BCUT2D eigenvalue weighted by molar-refractivity contribution is 6.03. The van der Waals surface area contributed by atoms with Gasteiger partial charge in [0.15, 0.2) is 0 Å². The van der Waals surface area contributed by atoms with E-state index in [1.165, 1.54) is 0 Å². The highest BCUT2D eigenvalue weighted by atomic mass is 16.3. The molecule has 1 N–H and O–H groups in total. The monoisotopic (exact) mass is 348 g/mol. The number of amides is 2. The highest BCUT2D eigenvalue weighted by Gasteiger charge is 2.34. The number of furan rings is 1. The van der Waals surface area contributed by atoms with Crippen molar-refractivity contribution < 1.29 is 14.0 Å². The Balaban J connectivity index is 1.47. The van der Waals surface area contributed by atoms with Crippen LogP contribution in [0.3, 0.4) is 0 Å². The molecule has 5 nitrogen and oxygen atoms in total. The van der Waals surface area contributed by atoms with Crippen molar-refractivity contribution in [3.05, 3.63) is 66.4 Å².